The molecular weight excluding hydrogens is 581 g/mol. The summed E-state index contributed by atoms with van der Waals surface area (Å²) in [6, 6.07) is 13.4. The number of rotatable bonds is 13. The third-order valence-electron chi connectivity index (χ3n) is 5.50. The average molecular weight is 616 g/mol. The van der Waals surface area contributed by atoms with Gasteiger partial charge in [0, 0.05) is 16.7 Å². The van der Waals surface area contributed by atoms with Gasteiger partial charge in [-0.2, -0.15) is 0 Å². The van der Waals surface area contributed by atoms with Crippen LogP contribution >= 0.6 is 22.6 Å². The van der Waals surface area contributed by atoms with Gasteiger partial charge in [0.1, 0.15) is 18.3 Å². The molecule has 2 rings (SSSR count). The molecule has 2 aromatic carbocycles. The molecule has 0 fully saturated rings. The first-order valence-corrected chi connectivity index (χ1v) is 14.5. The number of amides is 2. The molecule has 2 amide bonds. The Hall–Kier alpha value is -2.34. The average Bonchev–Trinajstić information content (AvgIpc) is 2.82. The van der Waals surface area contributed by atoms with Crippen LogP contribution in [-0.4, -0.2) is 57.6 Å². The van der Waals surface area contributed by atoms with Crippen LogP contribution in [0.4, 0.5) is 5.69 Å². The van der Waals surface area contributed by atoms with E-state index < -0.39 is 28.5 Å². The van der Waals surface area contributed by atoms with Gasteiger partial charge in [-0.1, -0.05) is 32.4 Å². The largest absolute Gasteiger partial charge is 0.497 e. The maximum absolute atomic E-state index is 13.6. The third-order valence-corrected chi connectivity index (χ3v) is 7.36. The Balaban J connectivity index is 2.40. The standard InChI is InChI=1S/C25H34IN3O5S/c1-5-7-15-27-25(31)23(6-2)28(17-19-9-8-10-22(16-19)34-3)24(30)18-29(35(4,32)33)21-13-11-20(26)12-14-21/h8-14,16,23H,5-7,15,17-18H2,1-4H3,(H,27,31)/t23-/m0/s1. The van der Waals surface area contributed by atoms with Crippen LogP contribution < -0.4 is 14.4 Å². The number of ether oxygens (including phenoxy) is 1. The van der Waals surface area contributed by atoms with E-state index in [0.29, 0.717) is 24.4 Å². The van der Waals surface area contributed by atoms with Gasteiger partial charge in [-0.3, -0.25) is 13.9 Å². The zero-order valence-corrected chi connectivity index (χ0v) is 23.6. The van der Waals surface area contributed by atoms with Crippen molar-refractivity contribution >= 4 is 50.1 Å². The fraction of sp³-hybridized carbons (Fsp3) is 0.440. The zero-order chi connectivity index (χ0) is 26.0. The number of carbonyl (C=O) groups excluding carboxylic acids is 2. The minimum Gasteiger partial charge on any atom is -0.497 e. The van der Waals surface area contributed by atoms with Gasteiger partial charge in [0.15, 0.2) is 0 Å². The lowest BCUT2D eigenvalue weighted by atomic mass is 10.1. The number of nitrogens with zero attached hydrogens (tertiary/aromatic N) is 2. The molecule has 0 bridgehead atoms. The molecule has 2 aromatic rings. The van der Waals surface area contributed by atoms with Crippen molar-refractivity contribution in [1.82, 2.24) is 10.2 Å². The van der Waals surface area contributed by atoms with E-state index in [0.717, 1.165) is 32.5 Å². The van der Waals surface area contributed by atoms with E-state index in [9.17, 15) is 18.0 Å². The van der Waals surface area contributed by atoms with Crippen molar-refractivity contribution in [3.8, 4) is 5.75 Å². The van der Waals surface area contributed by atoms with E-state index in [4.69, 9.17) is 4.74 Å². The van der Waals surface area contributed by atoms with E-state index >= 15 is 0 Å². The molecule has 0 aliphatic carbocycles. The summed E-state index contributed by atoms with van der Waals surface area (Å²) in [6.45, 7) is 4.11. The number of hydrogen-bond donors (Lipinski definition) is 1. The molecule has 0 spiro atoms. The maximum Gasteiger partial charge on any atom is 0.244 e. The summed E-state index contributed by atoms with van der Waals surface area (Å²) in [4.78, 5) is 28.1. The zero-order valence-electron chi connectivity index (χ0n) is 20.7. The normalized spacial score (nSPS) is 12.0. The predicted molar refractivity (Wildman–Crippen MR) is 147 cm³/mol. The Labute approximate surface area is 222 Å². The van der Waals surface area contributed by atoms with Crippen molar-refractivity contribution in [2.75, 3.05) is 30.8 Å². The highest BCUT2D eigenvalue weighted by atomic mass is 127. The van der Waals surface area contributed by atoms with Gasteiger partial charge < -0.3 is 15.0 Å². The van der Waals surface area contributed by atoms with Gasteiger partial charge in [0.05, 0.1) is 19.1 Å². The molecule has 0 aliphatic rings. The van der Waals surface area contributed by atoms with Crippen molar-refractivity contribution in [3.63, 3.8) is 0 Å². The van der Waals surface area contributed by atoms with E-state index in [2.05, 4.69) is 27.9 Å². The second-order valence-corrected chi connectivity index (χ2v) is 11.3. The summed E-state index contributed by atoms with van der Waals surface area (Å²) < 4.78 is 32.6. The van der Waals surface area contributed by atoms with Gasteiger partial charge in [-0.05, 0) is 77.4 Å². The minimum absolute atomic E-state index is 0.139. The summed E-state index contributed by atoms with van der Waals surface area (Å²) >= 11 is 2.13. The molecule has 0 aromatic heterocycles. The quantitative estimate of drug-likeness (QED) is 0.274. The molecular formula is C25H34IN3O5S. The molecule has 0 saturated heterocycles. The number of anilines is 1. The number of nitrogens with one attached hydrogen (secondary N) is 1. The first kappa shape index (κ1) is 28.9. The number of sulfonamides is 1. The lowest BCUT2D eigenvalue weighted by Gasteiger charge is -2.33. The number of halogens is 1. The third kappa shape index (κ3) is 8.68. The SMILES string of the molecule is CCCCNC(=O)[C@H](CC)N(Cc1cccc(OC)c1)C(=O)CN(c1ccc(I)cc1)S(C)(=O)=O. The highest BCUT2D eigenvalue weighted by Crippen LogP contribution is 2.22. The lowest BCUT2D eigenvalue weighted by Crippen LogP contribution is -2.52. The first-order chi connectivity index (χ1) is 16.6. The van der Waals surface area contributed by atoms with Crippen LogP contribution in [0.5, 0.6) is 5.75 Å². The van der Waals surface area contributed by atoms with Crippen LogP contribution in [0.15, 0.2) is 48.5 Å². The predicted octanol–water partition coefficient (Wildman–Crippen LogP) is 3.79. The fourth-order valence-electron chi connectivity index (χ4n) is 3.61. The van der Waals surface area contributed by atoms with E-state index in [1.807, 2.05) is 26.0 Å². The smallest absolute Gasteiger partial charge is 0.244 e. The van der Waals surface area contributed by atoms with Crippen LogP contribution in [0.3, 0.4) is 0 Å². The Morgan fingerprint density at radius 1 is 1.11 bits per heavy atom. The highest BCUT2D eigenvalue weighted by Gasteiger charge is 2.31. The summed E-state index contributed by atoms with van der Waals surface area (Å²) in [5.74, 6) is -0.0846. The monoisotopic (exact) mass is 615 g/mol. The van der Waals surface area contributed by atoms with E-state index in [-0.39, 0.29) is 12.5 Å². The topological polar surface area (TPSA) is 96.0 Å². The number of unbranched alkanes of at least 4 members (excludes halogenated alkanes) is 1. The van der Waals surface area contributed by atoms with Crippen molar-refractivity contribution in [3.05, 3.63) is 57.7 Å². The van der Waals surface area contributed by atoms with Gasteiger partial charge in [0.2, 0.25) is 21.8 Å². The molecule has 10 heteroatoms. The Bertz CT molecular complexity index is 1090. The molecule has 1 N–H and O–H groups in total. The van der Waals surface area contributed by atoms with Crippen LogP contribution in [0.1, 0.15) is 38.7 Å². The fourth-order valence-corrected chi connectivity index (χ4v) is 4.82. The molecule has 0 unspecified atom stereocenters. The minimum atomic E-state index is -3.75. The van der Waals surface area contributed by atoms with Gasteiger partial charge >= 0.3 is 0 Å². The number of hydrogen-bond acceptors (Lipinski definition) is 5. The highest BCUT2D eigenvalue weighted by molar-refractivity contribution is 14.1. The number of methoxy groups -OCH3 is 1. The Kier molecular flexibility index (Phi) is 11.3. The lowest BCUT2D eigenvalue weighted by molar-refractivity contribution is -0.140. The Morgan fingerprint density at radius 3 is 2.37 bits per heavy atom. The van der Waals surface area contributed by atoms with Gasteiger partial charge in [-0.25, -0.2) is 8.42 Å². The first-order valence-electron chi connectivity index (χ1n) is 11.5. The van der Waals surface area contributed by atoms with Crippen molar-refractivity contribution in [2.45, 2.75) is 45.7 Å². The molecule has 0 saturated carbocycles. The molecule has 8 nitrogen and oxygen atoms in total. The summed E-state index contributed by atoms with van der Waals surface area (Å²) in [7, 11) is -2.19. The van der Waals surface area contributed by atoms with Crippen molar-refractivity contribution in [2.24, 2.45) is 0 Å². The summed E-state index contributed by atoms with van der Waals surface area (Å²) in [5.41, 5.74) is 1.17. The second-order valence-electron chi connectivity index (χ2n) is 8.19. The molecule has 0 radical (unpaired) electrons. The van der Waals surface area contributed by atoms with E-state index in [1.54, 1.807) is 43.5 Å². The van der Waals surface area contributed by atoms with Gasteiger partial charge in [-0.15, -0.1) is 0 Å². The van der Waals surface area contributed by atoms with Crippen LogP contribution in [0, 0.1) is 3.57 Å². The molecule has 35 heavy (non-hydrogen) atoms. The number of carbonyl (C=O) groups is 2. The van der Waals surface area contributed by atoms with Crippen LogP contribution in [0.25, 0.3) is 0 Å². The van der Waals surface area contributed by atoms with Gasteiger partial charge in [0.25, 0.3) is 0 Å². The maximum atomic E-state index is 13.6. The Morgan fingerprint density at radius 2 is 1.80 bits per heavy atom. The van der Waals surface area contributed by atoms with Crippen molar-refractivity contribution < 1.29 is 22.7 Å². The molecule has 0 heterocycles. The van der Waals surface area contributed by atoms with Crippen molar-refractivity contribution in [1.29, 1.82) is 0 Å². The summed E-state index contributed by atoms with van der Waals surface area (Å²) in [5, 5.41) is 2.91. The van der Waals surface area contributed by atoms with E-state index in [1.165, 1.54) is 4.90 Å². The summed E-state index contributed by atoms with van der Waals surface area (Å²) in [6.07, 6.45) is 3.22. The van der Waals surface area contributed by atoms with Crippen LogP contribution in [0.2, 0.25) is 0 Å². The molecule has 0 aliphatic heterocycles. The number of benzene rings is 2. The molecule has 192 valence electrons. The molecule has 1 atom stereocenters. The van der Waals surface area contributed by atoms with Crippen LogP contribution in [-0.2, 0) is 26.2 Å². The second kappa shape index (κ2) is 13.7.